The van der Waals surface area contributed by atoms with E-state index in [2.05, 4.69) is 22.2 Å². The first-order chi connectivity index (χ1) is 14.0. The summed E-state index contributed by atoms with van der Waals surface area (Å²) in [5, 5.41) is 7.40. The van der Waals surface area contributed by atoms with Crippen molar-refractivity contribution in [1.29, 1.82) is 0 Å². The molecule has 0 bridgehead atoms. The Labute approximate surface area is 172 Å². The summed E-state index contributed by atoms with van der Waals surface area (Å²) in [6.45, 7) is 9.90. The lowest BCUT2D eigenvalue weighted by Gasteiger charge is -2.34. The van der Waals surface area contributed by atoms with Gasteiger partial charge in [-0.25, -0.2) is 4.68 Å². The van der Waals surface area contributed by atoms with E-state index in [1.807, 2.05) is 47.7 Å². The molecule has 3 rings (SSSR count). The first-order valence-electron chi connectivity index (χ1n) is 10.5. The van der Waals surface area contributed by atoms with Gasteiger partial charge in [0.1, 0.15) is 0 Å². The van der Waals surface area contributed by atoms with Crippen LogP contribution in [0.4, 0.5) is 0 Å². The molecule has 2 aromatic rings. The molecule has 1 aromatic carbocycles. The third-order valence-electron chi connectivity index (χ3n) is 5.31. The number of rotatable bonds is 7. The molecule has 1 aliphatic rings. The first kappa shape index (κ1) is 21.0. The summed E-state index contributed by atoms with van der Waals surface area (Å²) < 4.78 is 1.86. The molecule has 1 fully saturated rings. The third kappa shape index (κ3) is 5.03. The summed E-state index contributed by atoms with van der Waals surface area (Å²) >= 11 is 0. The lowest BCUT2D eigenvalue weighted by Crippen LogP contribution is -2.51. The number of aryl methyl sites for hydroxylation is 1. The molecule has 1 aliphatic heterocycles. The molecule has 2 amide bonds. The van der Waals surface area contributed by atoms with Crippen LogP contribution in [-0.2, 0) is 11.2 Å². The van der Waals surface area contributed by atoms with Gasteiger partial charge in [0.15, 0.2) is 0 Å². The predicted molar refractivity (Wildman–Crippen MR) is 113 cm³/mol. The van der Waals surface area contributed by atoms with Gasteiger partial charge in [0, 0.05) is 32.7 Å². The number of benzene rings is 1. The molecule has 1 N–H and O–H groups in total. The van der Waals surface area contributed by atoms with Crippen LogP contribution in [0.1, 0.15) is 41.9 Å². The highest BCUT2D eigenvalue weighted by molar-refractivity contribution is 5.95. The van der Waals surface area contributed by atoms with Gasteiger partial charge in [0.05, 0.1) is 29.7 Å². The van der Waals surface area contributed by atoms with Gasteiger partial charge in [-0.05, 0) is 31.9 Å². The van der Waals surface area contributed by atoms with Gasteiger partial charge < -0.3 is 10.2 Å². The molecule has 29 heavy (non-hydrogen) atoms. The summed E-state index contributed by atoms with van der Waals surface area (Å²) in [5.74, 6) is 0.0783. The van der Waals surface area contributed by atoms with Crippen LogP contribution in [0.2, 0.25) is 0 Å². The van der Waals surface area contributed by atoms with Crippen LogP contribution in [0.5, 0.6) is 0 Å². The van der Waals surface area contributed by atoms with Gasteiger partial charge in [-0.1, -0.05) is 31.5 Å². The molecule has 156 valence electrons. The minimum Gasteiger partial charge on any atom is -0.355 e. The van der Waals surface area contributed by atoms with Crippen molar-refractivity contribution in [2.75, 3.05) is 39.3 Å². The van der Waals surface area contributed by atoms with Gasteiger partial charge in [-0.3, -0.25) is 14.5 Å². The fourth-order valence-corrected chi connectivity index (χ4v) is 3.60. The Kier molecular flexibility index (Phi) is 7.04. The molecular formula is C22H31N5O2. The van der Waals surface area contributed by atoms with E-state index in [0.29, 0.717) is 44.8 Å². The van der Waals surface area contributed by atoms with Crippen LogP contribution >= 0.6 is 0 Å². The summed E-state index contributed by atoms with van der Waals surface area (Å²) in [7, 11) is 0. The van der Waals surface area contributed by atoms with Crippen molar-refractivity contribution in [1.82, 2.24) is 24.9 Å². The van der Waals surface area contributed by atoms with E-state index in [9.17, 15) is 9.59 Å². The fraction of sp³-hybridized carbons (Fsp3) is 0.500. The van der Waals surface area contributed by atoms with Crippen LogP contribution < -0.4 is 5.32 Å². The minimum atomic E-state index is 0.0234. The summed E-state index contributed by atoms with van der Waals surface area (Å²) in [6, 6.07) is 8.15. The Bertz CT molecular complexity index is 835. The van der Waals surface area contributed by atoms with E-state index in [1.165, 1.54) is 5.56 Å². The molecule has 1 saturated heterocycles. The van der Waals surface area contributed by atoms with Crippen molar-refractivity contribution in [3.63, 3.8) is 0 Å². The van der Waals surface area contributed by atoms with Gasteiger partial charge in [0.25, 0.3) is 5.91 Å². The number of aromatic nitrogens is 2. The fourth-order valence-electron chi connectivity index (χ4n) is 3.60. The Morgan fingerprint density at radius 2 is 1.76 bits per heavy atom. The van der Waals surface area contributed by atoms with Crippen molar-refractivity contribution in [3.8, 4) is 5.69 Å². The molecule has 7 nitrogen and oxygen atoms in total. The summed E-state index contributed by atoms with van der Waals surface area (Å²) in [6.07, 6.45) is 3.35. The van der Waals surface area contributed by atoms with Crippen LogP contribution in [0.25, 0.3) is 5.69 Å². The zero-order valence-electron chi connectivity index (χ0n) is 17.6. The molecular weight excluding hydrogens is 366 g/mol. The predicted octanol–water partition coefficient (Wildman–Crippen LogP) is 2.03. The second-order valence-electron chi connectivity index (χ2n) is 7.52. The van der Waals surface area contributed by atoms with E-state index >= 15 is 0 Å². The van der Waals surface area contributed by atoms with Crippen LogP contribution in [-0.4, -0.2) is 70.7 Å². The van der Waals surface area contributed by atoms with Crippen molar-refractivity contribution < 1.29 is 9.59 Å². The standard InChI is InChI=1S/C22H31N5O2/c1-4-10-23-21(28)16-25-11-13-26(14-12-25)22(29)19-15-24-27(20(19)5-2)18-8-6-17(3)7-9-18/h6-9,15H,4-5,10-14,16H2,1-3H3,(H,23,28). The number of piperazine rings is 1. The van der Waals surface area contributed by atoms with E-state index in [4.69, 9.17) is 0 Å². The van der Waals surface area contributed by atoms with E-state index in [0.717, 1.165) is 24.2 Å². The quantitative estimate of drug-likeness (QED) is 0.776. The molecule has 2 heterocycles. The number of carbonyl (C=O) groups is 2. The lowest BCUT2D eigenvalue weighted by molar-refractivity contribution is -0.122. The number of nitrogens with zero attached hydrogens (tertiary/aromatic N) is 4. The normalized spacial score (nSPS) is 14.8. The number of hydrogen-bond acceptors (Lipinski definition) is 4. The van der Waals surface area contributed by atoms with Crippen LogP contribution in [0.15, 0.2) is 30.5 Å². The van der Waals surface area contributed by atoms with Crippen LogP contribution in [0, 0.1) is 6.92 Å². The monoisotopic (exact) mass is 397 g/mol. The van der Waals surface area contributed by atoms with Crippen molar-refractivity contribution >= 4 is 11.8 Å². The molecule has 1 aromatic heterocycles. The maximum atomic E-state index is 13.1. The third-order valence-corrected chi connectivity index (χ3v) is 5.31. The van der Waals surface area contributed by atoms with Crippen molar-refractivity contribution in [2.45, 2.75) is 33.6 Å². The smallest absolute Gasteiger partial charge is 0.257 e. The summed E-state index contributed by atoms with van der Waals surface area (Å²) in [5.41, 5.74) is 3.76. The zero-order chi connectivity index (χ0) is 20.8. The van der Waals surface area contributed by atoms with E-state index in [1.54, 1.807) is 6.20 Å². The molecule has 0 unspecified atom stereocenters. The van der Waals surface area contributed by atoms with E-state index < -0.39 is 0 Å². The van der Waals surface area contributed by atoms with Gasteiger partial charge in [-0.15, -0.1) is 0 Å². The molecule has 0 atom stereocenters. The molecule has 0 spiro atoms. The first-order valence-corrected chi connectivity index (χ1v) is 10.5. The second-order valence-corrected chi connectivity index (χ2v) is 7.52. The molecule has 0 saturated carbocycles. The average molecular weight is 398 g/mol. The second kappa shape index (κ2) is 9.69. The molecule has 0 radical (unpaired) electrons. The highest BCUT2D eigenvalue weighted by Crippen LogP contribution is 2.19. The topological polar surface area (TPSA) is 70.5 Å². The molecule has 7 heteroatoms. The largest absolute Gasteiger partial charge is 0.355 e. The highest BCUT2D eigenvalue weighted by Gasteiger charge is 2.26. The minimum absolute atomic E-state index is 0.0234. The van der Waals surface area contributed by atoms with Crippen molar-refractivity contribution in [3.05, 3.63) is 47.3 Å². The highest BCUT2D eigenvalue weighted by atomic mass is 16.2. The Morgan fingerprint density at radius 3 is 2.38 bits per heavy atom. The van der Waals surface area contributed by atoms with Gasteiger partial charge in [0.2, 0.25) is 5.91 Å². The number of hydrogen-bond donors (Lipinski definition) is 1. The average Bonchev–Trinajstić information content (AvgIpc) is 3.17. The molecule has 0 aliphatic carbocycles. The van der Waals surface area contributed by atoms with Gasteiger partial charge >= 0.3 is 0 Å². The number of amides is 2. The maximum absolute atomic E-state index is 13.1. The zero-order valence-corrected chi connectivity index (χ0v) is 17.6. The summed E-state index contributed by atoms with van der Waals surface area (Å²) in [4.78, 5) is 29.0. The van der Waals surface area contributed by atoms with Crippen LogP contribution in [0.3, 0.4) is 0 Å². The Hall–Kier alpha value is -2.67. The number of carbonyl (C=O) groups excluding carboxylic acids is 2. The SMILES string of the molecule is CCCNC(=O)CN1CCN(C(=O)c2cnn(-c3ccc(C)cc3)c2CC)CC1. The maximum Gasteiger partial charge on any atom is 0.257 e. The lowest BCUT2D eigenvalue weighted by atomic mass is 10.1. The van der Waals surface area contributed by atoms with E-state index in [-0.39, 0.29) is 11.8 Å². The van der Waals surface area contributed by atoms with Crippen molar-refractivity contribution in [2.24, 2.45) is 0 Å². The Balaban J connectivity index is 1.64. The number of nitrogens with one attached hydrogen (secondary N) is 1. The van der Waals surface area contributed by atoms with Gasteiger partial charge in [-0.2, -0.15) is 5.10 Å². The Morgan fingerprint density at radius 1 is 1.07 bits per heavy atom.